The van der Waals surface area contributed by atoms with Gasteiger partial charge in [-0.05, 0) is 87.0 Å². The van der Waals surface area contributed by atoms with Crippen molar-refractivity contribution < 1.29 is 5.11 Å². The van der Waals surface area contributed by atoms with Crippen molar-refractivity contribution in [1.82, 2.24) is 5.32 Å². The standard InChI is InChI=1S/C17H29NO/c19-10-14-3-1-2-13(14)9-18-17-15-5-11-4-12(7-15)8-16(17)6-11/h11-19H,1-10H2. The molecule has 2 N–H and O–H groups in total. The molecule has 0 aromatic rings. The van der Waals surface area contributed by atoms with E-state index in [0.717, 1.165) is 35.6 Å². The third kappa shape index (κ3) is 2.25. The van der Waals surface area contributed by atoms with E-state index in [1.807, 2.05) is 0 Å². The molecule has 0 aromatic carbocycles. The lowest BCUT2D eigenvalue weighted by Gasteiger charge is -2.54. The Morgan fingerprint density at radius 2 is 1.47 bits per heavy atom. The highest BCUT2D eigenvalue weighted by atomic mass is 16.3. The number of aliphatic hydroxyl groups excluding tert-OH is 1. The monoisotopic (exact) mass is 263 g/mol. The molecule has 5 saturated carbocycles. The lowest BCUT2D eigenvalue weighted by Crippen LogP contribution is -2.55. The summed E-state index contributed by atoms with van der Waals surface area (Å²) in [6.07, 6.45) is 11.5. The second-order valence-electron chi connectivity index (χ2n) is 8.00. The summed E-state index contributed by atoms with van der Waals surface area (Å²) in [7, 11) is 0. The molecule has 0 amide bonds. The maximum atomic E-state index is 9.45. The summed E-state index contributed by atoms with van der Waals surface area (Å²) in [5.41, 5.74) is 0. The van der Waals surface area contributed by atoms with Crippen molar-refractivity contribution in [3.05, 3.63) is 0 Å². The second kappa shape index (κ2) is 5.04. The van der Waals surface area contributed by atoms with Crippen molar-refractivity contribution in [3.63, 3.8) is 0 Å². The van der Waals surface area contributed by atoms with E-state index in [9.17, 15) is 5.11 Å². The fourth-order valence-corrected chi connectivity index (χ4v) is 6.17. The first kappa shape index (κ1) is 12.6. The Kier molecular flexibility index (Phi) is 3.35. The van der Waals surface area contributed by atoms with Crippen LogP contribution in [-0.2, 0) is 0 Å². The van der Waals surface area contributed by atoms with Crippen LogP contribution in [-0.4, -0.2) is 24.3 Å². The summed E-state index contributed by atoms with van der Waals surface area (Å²) in [5, 5.41) is 13.4. The van der Waals surface area contributed by atoms with Crippen LogP contribution in [0.1, 0.15) is 51.4 Å². The minimum atomic E-state index is 0.411. The van der Waals surface area contributed by atoms with Crippen LogP contribution >= 0.6 is 0 Å². The maximum Gasteiger partial charge on any atom is 0.0462 e. The maximum absolute atomic E-state index is 9.45. The number of hydrogen-bond acceptors (Lipinski definition) is 2. The van der Waals surface area contributed by atoms with Gasteiger partial charge in [0.1, 0.15) is 0 Å². The van der Waals surface area contributed by atoms with Gasteiger partial charge in [-0.15, -0.1) is 0 Å². The summed E-state index contributed by atoms with van der Waals surface area (Å²) in [5.74, 6) is 5.48. The normalized spacial score (nSPS) is 51.9. The van der Waals surface area contributed by atoms with Crippen LogP contribution in [0.25, 0.3) is 0 Å². The molecule has 0 heterocycles. The molecule has 0 aliphatic heterocycles. The van der Waals surface area contributed by atoms with E-state index < -0.39 is 0 Å². The average molecular weight is 263 g/mol. The summed E-state index contributed by atoms with van der Waals surface area (Å²) < 4.78 is 0. The molecule has 108 valence electrons. The van der Waals surface area contributed by atoms with E-state index in [1.54, 1.807) is 6.42 Å². The van der Waals surface area contributed by atoms with E-state index in [0.29, 0.717) is 12.5 Å². The van der Waals surface area contributed by atoms with Gasteiger partial charge in [0, 0.05) is 12.6 Å². The van der Waals surface area contributed by atoms with Crippen molar-refractivity contribution in [3.8, 4) is 0 Å². The Morgan fingerprint density at radius 3 is 2.11 bits per heavy atom. The lowest BCUT2D eigenvalue weighted by atomic mass is 9.54. The van der Waals surface area contributed by atoms with Crippen molar-refractivity contribution >= 4 is 0 Å². The van der Waals surface area contributed by atoms with Crippen LogP contribution in [0.15, 0.2) is 0 Å². The van der Waals surface area contributed by atoms with Gasteiger partial charge in [0.15, 0.2) is 0 Å². The Labute approximate surface area is 117 Å². The molecule has 4 bridgehead atoms. The fraction of sp³-hybridized carbons (Fsp3) is 1.00. The molecule has 0 aromatic heterocycles. The van der Waals surface area contributed by atoms with Gasteiger partial charge in [0.25, 0.3) is 0 Å². The Morgan fingerprint density at radius 1 is 0.842 bits per heavy atom. The highest BCUT2D eigenvalue weighted by Crippen LogP contribution is 2.53. The highest BCUT2D eigenvalue weighted by Gasteiger charge is 2.48. The third-order valence-electron chi connectivity index (χ3n) is 6.89. The predicted octanol–water partition coefficient (Wildman–Crippen LogP) is 2.81. The molecule has 5 aliphatic rings. The number of hydrogen-bond donors (Lipinski definition) is 2. The quantitative estimate of drug-likeness (QED) is 0.817. The predicted molar refractivity (Wildman–Crippen MR) is 76.8 cm³/mol. The molecule has 5 aliphatic carbocycles. The van der Waals surface area contributed by atoms with E-state index >= 15 is 0 Å². The third-order valence-corrected chi connectivity index (χ3v) is 6.89. The Bertz CT molecular complexity index is 301. The first-order valence-electron chi connectivity index (χ1n) is 8.67. The molecule has 2 unspecified atom stereocenters. The van der Waals surface area contributed by atoms with Gasteiger partial charge in [-0.2, -0.15) is 0 Å². The van der Waals surface area contributed by atoms with Gasteiger partial charge in [0.05, 0.1) is 0 Å². The van der Waals surface area contributed by atoms with Crippen molar-refractivity contribution in [2.45, 2.75) is 57.4 Å². The number of aliphatic hydroxyl groups is 1. The minimum absolute atomic E-state index is 0.411. The summed E-state index contributed by atoms with van der Waals surface area (Å²) in [6.45, 7) is 1.59. The van der Waals surface area contributed by atoms with Gasteiger partial charge >= 0.3 is 0 Å². The Hall–Kier alpha value is -0.0800. The van der Waals surface area contributed by atoms with E-state index in [1.165, 1.54) is 51.5 Å². The van der Waals surface area contributed by atoms with Crippen LogP contribution in [0.2, 0.25) is 0 Å². The molecule has 0 spiro atoms. The molecule has 5 rings (SSSR count). The molecule has 5 fully saturated rings. The summed E-state index contributed by atoms with van der Waals surface area (Å²) in [6, 6.07) is 0.827. The zero-order valence-electron chi connectivity index (χ0n) is 12.1. The van der Waals surface area contributed by atoms with Crippen LogP contribution in [0.3, 0.4) is 0 Å². The van der Waals surface area contributed by atoms with Crippen LogP contribution in [0.5, 0.6) is 0 Å². The zero-order valence-corrected chi connectivity index (χ0v) is 12.1. The van der Waals surface area contributed by atoms with Gasteiger partial charge in [-0.3, -0.25) is 0 Å². The van der Waals surface area contributed by atoms with E-state index in [-0.39, 0.29) is 0 Å². The molecule has 19 heavy (non-hydrogen) atoms. The lowest BCUT2D eigenvalue weighted by molar-refractivity contribution is -0.0156. The van der Waals surface area contributed by atoms with Crippen LogP contribution in [0.4, 0.5) is 0 Å². The fourth-order valence-electron chi connectivity index (χ4n) is 6.17. The molecular weight excluding hydrogens is 234 g/mol. The number of rotatable bonds is 4. The first-order valence-corrected chi connectivity index (χ1v) is 8.67. The van der Waals surface area contributed by atoms with Crippen molar-refractivity contribution in [2.24, 2.45) is 35.5 Å². The van der Waals surface area contributed by atoms with Crippen LogP contribution in [0, 0.1) is 35.5 Å². The van der Waals surface area contributed by atoms with Crippen molar-refractivity contribution in [2.75, 3.05) is 13.2 Å². The van der Waals surface area contributed by atoms with E-state index in [2.05, 4.69) is 5.32 Å². The molecule has 0 radical (unpaired) electrons. The average Bonchev–Trinajstić information content (AvgIpc) is 2.84. The largest absolute Gasteiger partial charge is 0.396 e. The highest BCUT2D eigenvalue weighted by molar-refractivity contribution is 5.01. The van der Waals surface area contributed by atoms with Gasteiger partial charge in [-0.1, -0.05) is 6.42 Å². The second-order valence-corrected chi connectivity index (χ2v) is 8.00. The molecule has 2 heteroatoms. The zero-order chi connectivity index (χ0) is 12.8. The van der Waals surface area contributed by atoms with Gasteiger partial charge in [0.2, 0.25) is 0 Å². The SMILES string of the molecule is OCC1CCCC1CNC1C2CC3CC(C2)CC1C3. The van der Waals surface area contributed by atoms with E-state index in [4.69, 9.17) is 0 Å². The number of nitrogens with one attached hydrogen (secondary N) is 1. The molecule has 2 atom stereocenters. The van der Waals surface area contributed by atoms with Crippen LogP contribution < -0.4 is 5.32 Å². The molecule has 0 saturated heterocycles. The van der Waals surface area contributed by atoms with Crippen molar-refractivity contribution in [1.29, 1.82) is 0 Å². The minimum Gasteiger partial charge on any atom is -0.396 e. The summed E-state index contributed by atoms with van der Waals surface area (Å²) >= 11 is 0. The topological polar surface area (TPSA) is 32.3 Å². The van der Waals surface area contributed by atoms with Gasteiger partial charge in [-0.25, -0.2) is 0 Å². The smallest absolute Gasteiger partial charge is 0.0462 e. The Balaban J connectivity index is 1.36. The molecular formula is C17H29NO. The molecule has 2 nitrogen and oxygen atoms in total. The van der Waals surface area contributed by atoms with Gasteiger partial charge < -0.3 is 10.4 Å². The first-order chi connectivity index (χ1) is 9.33. The summed E-state index contributed by atoms with van der Waals surface area (Å²) in [4.78, 5) is 0.